The molecule has 3 aromatic rings. The highest BCUT2D eigenvalue weighted by atomic mass is 32.2. The lowest BCUT2D eigenvalue weighted by Crippen LogP contribution is -2.40. The van der Waals surface area contributed by atoms with Gasteiger partial charge in [0, 0.05) is 12.0 Å². The predicted molar refractivity (Wildman–Crippen MR) is 145 cm³/mol. The number of nitrogens with one attached hydrogen (secondary N) is 1. The summed E-state index contributed by atoms with van der Waals surface area (Å²) < 4.78 is 34.0. The van der Waals surface area contributed by atoms with Gasteiger partial charge in [-0.15, -0.1) is 11.3 Å². The molecule has 0 saturated heterocycles. The molecule has 3 heterocycles. The number of carbonyl (C=O) groups is 1. The highest BCUT2D eigenvalue weighted by Crippen LogP contribution is 2.40. The number of amidine groups is 1. The first-order chi connectivity index (χ1) is 17.7. The van der Waals surface area contributed by atoms with E-state index in [-0.39, 0.29) is 16.6 Å². The van der Waals surface area contributed by atoms with Crippen molar-refractivity contribution in [2.24, 2.45) is 4.99 Å². The summed E-state index contributed by atoms with van der Waals surface area (Å²) in [6.07, 6.45) is 6.66. The summed E-state index contributed by atoms with van der Waals surface area (Å²) in [6.45, 7) is 6.12. The van der Waals surface area contributed by atoms with Crippen molar-refractivity contribution in [1.29, 1.82) is 0 Å². The molecule has 1 amide bonds. The molecular formula is C27H32N4O4S2. The number of carbonyl (C=O) groups excluding carboxylic acids is 1. The van der Waals surface area contributed by atoms with Crippen LogP contribution in [-0.4, -0.2) is 35.8 Å². The standard InChI is InChI=1S/C27H32N4O4S2/c1-4-5-8-23-28-27(14-6-7-15-27)26(32)31(23)17-20-9-11-21(12-10-20)24-22(13-16-36-24)37(33,34)30-25-18(2)19(3)35-29-25/h9-13,16H,4-8,14-15,17H2,1-3H3,(H,29,30). The summed E-state index contributed by atoms with van der Waals surface area (Å²) >= 11 is 1.36. The lowest BCUT2D eigenvalue weighted by Gasteiger charge is -2.22. The van der Waals surface area contributed by atoms with Gasteiger partial charge in [0.15, 0.2) is 5.82 Å². The summed E-state index contributed by atoms with van der Waals surface area (Å²) in [5.41, 5.74) is 1.90. The van der Waals surface area contributed by atoms with Crippen molar-refractivity contribution in [1.82, 2.24) is 10.1 Å². The van der Waals surface area contributed by atoms with Crippen molar-refractivity contribution < 1.29 is 17.7 Å². The van der Waals surface area contributed by atoms with E-state index in [9.17, 15) is 13.2 Å². The van der Waals surface area contributed by atoms with Crippen LogP contribution in [0.4, 0.5) is 5.82 Å². The zero-order chi connectivity index (χ0) is 26.2. The molecule has 1 aliphatic heterocycles. The van der Waals surface area contributed by atoms with Gasteiger partial charge in [-0.25, -0.2) is 8.42 Å². The monoisotopic (exact) mass is 540 g/mol. The van der Waals surface area contributed by atoms with Gasteiger partial charge in [0.1, 0.15) is 22.0 Å². The van der Waals surface area contributed by atoms with Gasteiger partial charge in [-0.3, -0.25) is 19.4 Å². The van der Waals surface area contributed by atoms with E-state index in [0.717, 1.165) is 61.9 Å². The SMILES string of the molecule is CCCCC1=NC2(CCCC2)C(=O)N1Cc1ccc(-c2sccc2S(=O)(=O)Nc2noc(C)c2C)cc1. The molecule has 1 fully saturated rings. The molecule has 1 saturated carbocycles. The first-order valence-corrected chi connectivity index (χ1v) is 15.1. The Balaban J connectivity index is 1.35. The Bertz CT molecular complexity index is 1430. The quantitative estimate of drug-likeness (QED) is 0.355. The average Bonchev–Trinajstić information content (AvgIpc) is 3.67. The first kappa shape index (κ1) is 25.7. The van der Waals surface area contributed by atoms with Crippen molar-refractivity contribution in [3.8, 4) is 10.4 Å². The number of anilines is 1. The molecule has 0 unspecified atom stereocenters. The number of thiophene rings is 1. The van der Waals surface area contributed by atoms with Crippen LogP contribution in [0.5, 0.6) is 0 Å². The zero-order valence-corrected chi connectivity index (χ0v) is 23.0. The minimum absolute atomic E-state index is 0.135. The van der Waals surface area contributed by atoms with E-state index in [4.69, 9.17) is 9.52 Å². The van der Waals surface area contributed by atoms with Crippen LogP contribution in [0.3, 0.4) is 0 Å². The Morgan fingerprint density at radius 1 is 1.14 bits per heavy atom. The van der Waals surface area contributed by atoms with Crippen LogP contribution in [0.1, 0.15) is 68.8 Å². The fourth-order valence-electron chi connectivity index (χ4n) is 5.06. The van der Waals surface area contributed by atoms with Crippen LogP contribution in [-0.2, 0) is 21.4 Å². The van der Waals surface area contributed by atoms with Crippen LogP contribution in [0.2, 0.25) is 0 Å². The Morgan fingerprint density at radius 2 is 1.86 bits per heavy atom. The predicted octanol–water partition coefficient (Wildman–Crippen LogP) is 6.06. The third kappa shape index (κ3) is 4.84. The number of nitrogens with zero attached hydrogens (tertiary/aromatic N) is 3. The summed E-state index contributed by atoms with van der Waals surface area (Å²) in [6, 6.07) is 9.36. The second-order valence-electron chi connectivity index (χ2n) is 9.89. The largest absolute Gasteiger partial charge is 0.359 e. The van der Waals surface area contributed by atoms with Gasteiger partial charge in [-0.2, -0.15) is 0 Å². The number of amides is 1. The van der Waals surface area contributed by atoms with Gasteiger partial charge in [-0.05, 0) is 55.7 Å². The molecule has 1 spiro atoms. The summed E-state index contributed by atoms with van der Waals surface area (Å²) in [5, 5.41) is 5.59. The van der Waals surface area contributed by atoms with E-state index < -0.39 is 15.6 Å². The molecule has 8 nitrogen and oxygen atoms in total. The molecule has 196 valence electrons. The van der Waals surface area contributed by atoms with E-state index >= 15 is 0 Å². The average molecular weight is 541 g/mol. The van der Waals surface area contributed by atoms with Crippen molar-refractivity contribution in [2.75, 3.05) is 4.72 Å². The molecular weight excluding hydrogens is 508 g/mol. The molecule has 2 aromatic heterocycles. The number of aromatic nitrogens is 1. The zero-order valence-electron chi connectivity index (χ0n) is 21.4. The van der Waals surface area contributed by atoms with Gasteiger partial charge < -0.3 is 4.52 Å². The minimum atomic E-state index is -3.85. The fraction of sp³-hybridized carbons (Fsp3) is 0.444. The molecule has 10 heteroatoms. The maximum absolute atomic E-state index is 13.4. The highest BCUT2D eigenvalue weighted by molar-refractivity contribution is 7.93. The number of aryl methyl sites for hydroxylation is 1. The molecule has 2 aliphatic rings. The normalized spacial score (nSPS) is 17.1. The lowest BCUT2D eigenvalue weighted by molar-refractivity contribution is -0.131. The number of hydrogen-bond acceptors (Lipinski definition) is 7. The second-order valence-corrected chi connectivity index (χ2v) is 12.5. The molecule has 1 aliphatic carbocycles. The highest BCUT2D eigenvalue weighted by Gasteiger charge is 2.49. The van der Waals surface area contributed by atoms with Gasteiger partial charge >= 0.3 is 0 Å². The molecule has 1 aromatic carbocycles. The Morgan fingerprint density at radius 3 is 2.51 bits per heavy atom. The van der Waals surface area contributed by atoms with Crippen molar-refractivity contribution in [2.45, 2.75) is 82.7 Å². The number of rotatable bonds is 9. The maximum Gasteiger partial charge on any atom is 0.264 e. The van der Waals surface area contributed by atoms with Crippen molar-refractivity contribution in [3.05, 3.63) is 52.6 Å². The van der Waals surface area contributed by atoms with Gasteiger partial charge in [0.2, 0.25) is 0 Å². The van der Waals surface area contributed by atoms with E-state index in [1.165, 1.54) is 11.3 Å². The van der Waals surface area contributed by atoms with E-state index in [2.05, 4.69) is 16.8 Å². The fourth-order valence-corrected chi connectivity index (χ4v) is 7.58. The Hall–Kier alpha value is -2.98. The third-order valence-electron chi connectivity index (χ3n) is 7.35. The number of aliphatic imine (C=N–C) groups is 1. The van der Waals surface area contributed by atoms with Crippen LogP contribution >= 0.6 is 11.3 Å². The van der Waals surface area contributed by atoms with Crippen LogP contribution < -0.4 is 4.72 Å². The first-order valence-electron chi connectivity index (χ1n) is 12.8. The molecule has 1 N–H and O–H groups in total. The topological polar surface area (TPSA) is 105 Å². The minimum Gasteiger partial charge on any atom is -0.359 e. The third-order valence-corrected chi connectivity index (χ3v) is 9.82. The van der Waals surface area contributed by atoms with Crippen LogP contribution in [0.25, 0.3) is 10.4 Å². The van der Waals surface area contributed by atoms with Crippen molar-refractivity contribution >= 4 is 38.9 Å². The summed E-state index contributed by atoms with van der Waals surface area (Å²) in [5.74, 6) is 1.81. The summed E-state index contributed by atoms with van der Waals surface area (Å²) in [4.78, 5) is 21.1. The molecule has 0 atom stereocenters. The molecule has 0 radical (unpaired) electrons. The van der Waals surface area contributed by atoms with E-state index in [1.54, 1.807) is 25.3 Å². The maximum atomic E-state index is 13.4. The van der Waals surface area contributed by atoms with Crippen molar-refractivity contribution in [3.63, 3.8) is 0 Å². The molecule has 37 heavy (non-hydrogen) atoms. The smallest absolute Gasteiger partial charge is 0.264 e. The van der Waals surface area contributed by atoms with E-state index in [0.29, 0.717) is 22.7 Å². The Kier molecular flexibility index (Phi) is 6.97. The number of sulfonamides is 1. The second kappa shape index (κ2) is 10.1. The molecule has 5 rings (SSSR count). The van der Waals surface area contributed by atoms with Crippen LogP contribution in [0.15, 0.2) is 50.1 Å². The van der Waals surface area contributed by atoms with Gasteiger partial charge in [0.25, 0.3) is 15.9 Å². The lowest BCUT2D eigenvalue weighted by atomic mass is 9.98. The van der Waals surface area contributed by atoms with Crippen LogP contribution in [0, 0.1) is 13.8 Å². The van der Waals surface area contributed by atoms with E-state index in [1.807, 2.05) is 29.2 Å². The number of unbranched alkanes of at least 4 members (excludes halogenated alkanes) is 1. The summed E-state index contributed by atoms with van der Waals surface area (Å²) in [7, 11) is -3.85. The molecule has 0 bridgehead atoms. The van der Waals surface area contributed by atoms with Gasteiger partial charge in [-0.1, -0.05) is 55.6 Å². The number of hydrogen-bond donors (Lipinski definition) is 1. The number of benzene rings is 1. The Labute approximate surface area is 221 Å². The van der Waals surface area contributed by atoms with Gasteiger partial charge in [0.05, 0.1) is 11.4 Å².